The van der Waals surface area contributed by atoms with Gasteiger partial charge in [0, 0.05) is 32.4 Å². The van der Waals surface area contributed by atoms with Crippen molar-refractivity contribution in [2.75, 3.05) is 51.4 Å². The van der Waals surface area contributed by atoms with Crippen LogP contribution in [0.25, 0.3) is 0 Å². The average molecular weight is 241 g/mol. The molecule has 0 fully saturated rings. The molecule has 1 aromatic rings. The number of rotatable bonds is 7. The maximum Gasteiger partial charge on any atom is 0.148 e. The van der Waals surface area contributed by atoms with Crippen LogP contribution in [-0.4, -0.2) is 45.3 Å². The summed E-state index contributed by atoms with van der Waals surface area (Å²) >= 11 is 0. The number of hydrogen-bond acceptors (Lipinski definition) is 4. The van der Waals surface area contributed by atoms with Crippen molar-refractivity contribution in [3.63, 3.8) is 0 Å². The predicted octanol–water partition coefficient (Wildman–Crippen LogP) is 1.40. The highest BCUT2D eigenvalue weighted by molar-refractivity contribution is 5.52. The fraction of sp³-hybridized carbons (Fsp3) is 0.500. The number of hydrogen-bond donors (Lipinski definition) is 2. The minimum absolute atomic E-state index is 0.315. The summed E-state index contributed by atoms with van der Waals surface area (Å²) in [6.45, 7) is 3.07. The normalized spacial score (nSPS) is 10.8. The first-order chi connectivity index (χ1) is 8.13. The van der Waals surface area contributed by atoms with Crippen molar-refractivity contribution >= 4 is 11.4 Å². The van der Waals surface area contributed by atoms with Crippen LogP contribution in [0.5, 0.6) is 0 Å². The van der Waals surface area contributed by atoms with E-state index in [4.69, 9.17) is 10.5 Å². The first-order valence-corrected chi connectivity index (χ1v) is 5.60. The van der Waals surface area contributed by atoms with E-state index in [2.05, 4.69) is 10.2 Å². The monoisotopic (exact) mass is 241 g/mol. The summed E-state index contributed by atoms with van der Waals surface area (Å²) < 4.78 is 18.4. The highest BCUT2D eigenvalue weighted by Gasteiger charge is 2.02. The van der Waals surface area contributed by atoms with Crippen LogP contribution in [0.1, 0.15) is 0 Å². The van der Waals surface area contributed by atoms with Crippen molar-refractivity contribution in [3.05, 3.63) is 24.0 Å². The lowest BCUT2D eigenvalue weighted by atomic mass is 10.2. The van der Waals surface area contributed by atoms with Crippen LogP contribution in [0.3, 0.4) is 0 Å². The zero-order valence-corrected chi connectivity index (χ0v) is 10.4. The molecular formula is C12H20FN3O. The van der Waals surface area contributed by atoms with E-state index in [0.717, 1.165) is 13.1 Å². The average Bonchev–Trinajstić information content (AvgIpc) is 2.29. The fourth-order valence-electron chi connectivity index (χ4n) is 1.42. The summed E-state index contributed by atoms with van der Waals surface area (Å²) in [5.41, 5.74) is 6.39. The molecule has 0 aromatic heterocycles. The summed E-state index contributed by atoms with van der Waals surface area (Å²) in [7, 11) is 3.68. The molecule has 0 aliphatic rings. The third-order valence-corrected chi connectivity index (χ3v) is 2.48. The number of anilines is 2. The third-order valence-electron chi connectivity index (χ3n) is 2.48. The number of likely N-dealkylation sites (N-methyl/N-ethyl adjacent to an activating group) is 1. The van der Waals surface area contributed by atoms with Crippen LogP contribution < -0.4 is 11.1 Å². The maximum atomic E-state index is 13.4. The van der Waals surface area contributed by atoms with Gasteiger partial charge in [-0.3, -0.25) is 0 Å². The van der Waals surface area contributed by atoms with E-state index in [-0.39, 0.29) is 5.82 Å². The van der Waals surface area contributed by atoms with Gasteiger partial charge in [-0.15, -0.1) is 0 Å². The van der Waals surface area contributed by atoms with Crippen LogP contribution in [0.2, 0.25) is 0 Å². The Balaban J connectivity index is 2.30. The predicted molar refractivity (Wildman–Crippen MR) is 68.7 cm³/mol. The van der Waals surface area contributed by atoms with Gasteiger partial charge in [-0.1, -0.05) is 0 Å². The second-order valence-electron chi connectivity index (χ2n) is 3.96. The molecular weight excluding hydrogens is 221 g/mol. The van der Waals surface area contributed by atoms with Gasteiger partial charge < -0.3 is 20.7 Å². The molecule has 0 unspecified atom stereocenters. The van der Waals surface area contributed by atoms with Crippen molar-refractivity contribution in [2.45, 2.75) is 0 Å². The van der Waals surface area contributed by atoms with Crippen LogP contribution in [-0.2, 0) is 4.74 Å². The smallest absolute Gasteiger partial charge is 0.148 e. The van der Waals surface area contributed by atoms with E-state index in [1.165, 1.54) is 6.07 Å². The summed E-state index contributed by atoms with van der Waals surface area (Å²) in [5.74, 6) is -0.315. The number of methoxy groups -OCH3 is 1. The Labute approximate surface area is 102 Å². The van der Waals surface area contributed by atoms with Gasteiger partial charge in [0.1, 0.15) is 5.82 Å². The molecule has 1 rings (SSSR count). The van der Waals surface area contributed by atoms with E-state index in [0.29, 0.717) is 24.5 Å². The molecule has 0 radical (unpaired) electrons. The third kappa shape index (κ3) is 5.01. The molecule has 0 heterocycles. The summed E-state index contributed by atoms with van der Waals surface area (Å²) in [5, 5.41) is 3.03. The Morgan fingerprint density at radius 1 is 1.41 bits per heavy atom. The van der Waals surface area contributed by atoms with Gasteiger partial charge in [-0.05, 0) is 25.2 Å². The standard InChI is InChI=1S/C12H20FN3O/c1-16(7-8-17-2)6-5-15-12-4-3-10(14)9-11(12)13/h3-4,9,15H,5-8,14H2,1-2H3. The second-order valence-corrected chi connectivity index (χ2v) is 3.96. The molecule has 17 heavy (non-hydrogen) atoms. The van der Waals surface area contributed by atoms with E-state index in [9.17, 15) is 4.39 Å². The zero-order chi connectivity index (χ0) is 12.7. The number of nitrogens with zero attached hydrogens (tertiary/aromatic N) is 1. The van der Waals surface area contributed by atoms with Crippen LogP contribution in [0.4, 0.5) is 15.8 Å². The Kier molecular flexibility index (Phi) is 5.72. The minimum atomic E-state index is -0.315. The molecule has 96 valence electrons. The van der Waals surface area contributed by atoms with Crippen molar-refractivity contribution in [2.24, 2.45) is 0 Å². The summed E-state index contributed by atoms with van der Waals surface area (Å²) in [6, 6.07) is 4.65. The molecule has 0 amide bonds. The van der Waals surface area contributed by atoms with Crippen LogP contribution in [0, 0.1) is 5.82 Å². The SMILES string of the molecule is COCCN(C)CCNc1ccc(N)cc1F. The van der Waals surface area contributed by atoms with Gasteiger partial charge in [0.15, 0.2) is 0 Å². The number of nitrogen functional groups attached to an aromatic ring is 1. The molecule has 5 heteroatoms. The highest BCUT2D eigenvalue weighted by Crippen LogP contribution is 2.16. The molecule has 3 N–H and O–H groups in total. The van der Waals surface area contributed by atoms with Crippen molar-refractivity contribution < 1.29 is 9.13 Å². The molecule has 0 saturated carbocycles. The van der Waals surface area contributed by atoms with Crippen molar-refractivity contribution in [3.8, 4) is 0 Å². The first kappa shape index (κ1) is 13.7. The molecule has 0 aliphatic heterocycles. The van der Waals surface area contributed by atoms with Crippen molar-refractivity contribution in [1.82, 2.24) is 4.90 Å². The van der Waals surface area contributed by atoms with E-state index < -0.39 is 0 Å². The Morgan fingerprint density at radius 2 is 2.18 bits per heavy atom. The number of ether oxygens (including phenoxy) is 1. The molecule has 1 aromatic carbocycles. The van der Waals surface area contributed by atoms with Gasteiger partial charge in [0.2, 0.25) is 0 Å². The lowest BCUT2D eigenvalue weighted by Gasteiger charge is -2.16. The van der Waals surface area contributed by atoms with E-state index in [1.54, 1.807) is 19.2 Å². The van der Waals surface area contributed by atoms with Gasteiger partial charge in [0.05, 0.1) is 12.3 Å². The number of nitrogens with two attached hydrogens (primary N) is 1. The number of nitrogens with one attached hydrogen (secondary N) is 1. The van der Waals surface area contributed by atoms with Crippen LogP contribution >= 0.6 is 0 Å². The minimum Gasteiger partial charge on any atom is -0.399 e. The molecule has 0 aliphatic carbocycles. The Bertz CT molecular complexity index is 347. The fourth-order valence-corrected chi connectivity index (χ4v) is 1.42. The van der Waals surface area contributed by atoms with E-state index >= 15 is 0 Å². The van der Waals surface area contributed by atoms with E-state index in [1.807, 2.05) is 7.05 Å². The molecule has 4 nitrogen and oxygen atoms in total. The van der Waals surface area contributed by atoms with Crippen LogP contribution in [0.15, 0.2) is 18.2 Å². The first-order valence-electron chi connectivity index (χ1n) is 5.60. The highest BCUT2D eigenvalue weighted by atomic mass is 19.1. The summed E-state index contributed by atoms with van der Waals surface area (Å²) in [4.78, 5) is 2.12. The maximum absolute atomic E-state index is 13.4. The quantitative estimate of drug-likeness (QED) is 0.708. The lowest BCUT2D eigenvalue weighted by Crippen LogP contribution is -2.28. The molecule has 0 bridgehead atoms. The topological polar surface area (TPSA) is 50.5 Å². The lowest BCUT2D eigenvalue weighted by molar-refractivity contribution is 0.163. The second kappa shape index (κ2) is 7.09. The Hall–Kier alpha value is -1.33. The number of benzene rings is 1. The van der Waals surface area contributed by atoms with Gasteiger partial charge in [0.25, 0.3) is 0 Å². The largest absolute Gasteiger partial charge is 0.399 e. The number of halogens is 1. The van der Waals surface area contributed by atoms with Gasteiger partial charge in [-0.2, -0.15) is 0 Å². The molecule has 0 saturated heterocycles. The molecule has 0 atom stereocenters. The van der Waals surface area contributed by atoms with Crippen molar-refractivity contribution in [1.29, 1.82) is 0 Å². The summed E-state index contributed by atoms with van der Waals surface area (Å²) in [6.07, 6.45) is 0. The zero-order valence-electron chi connectivity index (χ0n) is 10.4. The van der Waals surface area contributed by atoms with Gasteiger partial charge in [-0.25, -0.2) is 4.39 Å². The Morgan fingerprint density at radius 3 is 2.82 bits per heavy atom. The van der Waals surface area contributed by atoms with Gasteiger partial charge >= 0.3 is 0 Å². The molecule has 0 spiro atoms.